The predicted molar refractivity (Wildman–Crippen MR) is 164 cm³/mol. The lowest BCUT2D eigenvalue weighted by Crippen LogP contribution is -2.30. The Labute approximate surface area is 242 Å². The number of nitrogens with one attached hydrogen (secondary N) is 3. The van der Waals surface area contributed by atoms with Crippen LogP contribution in [0.25, 0.3) is 0 Å². The van der Waals surface area contributed by atoms with Crippen LogP contribution in [0, 0.1) is 5.92 Å². The summed E-state index contributed by atoms with van der Waals surface area (Å²) in [6, 6.07) is 25.5. The number of nitrogens with zero attached hydrogens (tertiary/aromatic N) is 2. The first-order valence-electron chi connectivity index (χ1n) is 12.9. The number of allylic oxidation sites excluding steroid dienone is 3. The van der Waals surface area contributed by atoms with Crippen LogP contribution in [0.15, 0.2) is 111 Å². The van der Waals surface area contributed by atoms with Gasteiger partial charge in [-0.05, 0) is 64.2 Å². The average Bonchev–Trinajstić information content (AvgIpc) is 3.14. The van der Waals surface area contributed by atoms with Crippen molar-refractivity contribution < 1.29 is 4.79 Å². The third kappa shape index (κ3) is 7.25. The van der Waals surface area contributed by atoms with Gasteiger partial charge in [0, 0.05) is 53.7 Å². The molecule has 3 aromatic carbocycles. The van der Waals surface area contributed by atoms with Crippen LogP contribution in [-0.4, -0.2) is 31.0 Å². The van der Waals surface area contributed by atoms with E-state index >= 15 is 0 Å². The minimum atomic E-state index is -0.211. The van der Waals surface area contributed by atoms with Crippen LogP contribution >= 0.6 is 27.5 Å². The monoisotopic (exact) mass is 601 g/mol. The molecule has 2 aliphatic rings. The molecule has 5 rings (SSSR count). The topological polar surface area (TPSA) is 77.9 Å². The van der Waals surface area contributed by atoms with E-state index in [0.717, 1.165) is 51.2 Å². The number of carbonyl (C=O) groups is 1. The highest BCUT2D eigenvalue weighted by Crippen LogP contribution is 2.33. The maximum atomic E-state index is 12.3. The van der Waals surface area contributed by atoms with E-state index in [1.165, 1.54) is 5.56 Å². The van der Waals surface area contributed by atoms with Gasteiger partial charge in [-0.3, -0.25) is 9.98 Å². The first-order chi connectivity index (χ1) is 19.0. The minimum absolute atomic E-state index is 0.176. The highest BCUT2D eigenvalue weighted by atomic mass is 79.9. The number of benzene rings is 3. The SMILES string of the molecule is O=C(NCCc1ccccc1)Nc1ccc(CNC2=CC(c3ccccc3Cl)=NC3=C(Br)C=NC[C@@H]3C2)cc1. The molecule has 0 spiro atoms. The molecule has 0 bridgehead atoms. The zero-order valence-corrected chi connectivity index (χ0v) is 23.7. The Balaban J connectivity index is 1.20. The van der Waals surface area contributed by atoms with Gasteiger partial charge in [0.1, 0.15) is 0 Å². The van der Waals surface area contributed by atoms with E-state index in [-0.39, 0.29) is 11.9 Å². The molecule has 1 atom stereocenters. The average molecular weight is 603 g/mol. The van der Waals surface area contributed by atoms with Crippen LogP contribution < -0.4 is 16.0 Å². The minimum Gasteiger partial charge on any atom is -0.384 e. The van der Waals surface area contributed by atoms with Crippen molar-refractivity contribution in [1.82, 2.24) is 10.6 Å². The Bertz CT molecular complexity index is 1450. The van der Waals surface area contributed by atoms with Crippen LogP contribution in [0.3, 0.4) is 0 Å². The van der Waals surface area contributed by atoms with Gasteiger partial charge < -0.3 is 16.0 Å². The van der Waals surface area contributed by atoms with Gasteiger partial charge in [-0.1, -0.05) is 72.3 Å². The second-order valence-corrected chi connectivity index (χ2v) is 10.7. The first kappa shape index (κ1) is 26.9. The third-order valence-electron chi connectivity index (χ3n) is 6.60. The fourth-order valence-electron chi connectivity index (χ4n) is 4.56. The molecule has 0 saturated heterocycles. The number of carbonyl (C=O) groups excluding carboxylic acids is 1. The first-order valence-corrected chi connectivity index (χ1v) is 14.1. The number of dihydropyridines is 1. The van der Waals surface area contributed by atoms with Gasteiger partial charge in [-0.2, -0.15) is 0 Å². The molecular weight excluding hydrogens is 574 g/mol. The number of halogens is 2. The molecule has 198 valence electrons. The number of hydrogen-bond donors (Lipinski definition) is 3. The molecule has 2 aliphatic heterocycles. The second kappa shape index (κ2) is 12.9. The van der Waals surface area contributed by atoms with E-state index < -0.39 is 0 Å². The maximum Gasteiger partial charge on any atom is 0.319 e. The molecule has 2 amide bonds. The number of hydrogen-bond acceptors (Lipinski definition) is 4. The van der Waals surface area contributed by atoms with Crippen LogP contribution in [0.2, 0.25) is 5.02 Å². The summed E-state index contributed by atoms with van der Waals surface area (Å²) >= 11 is 10.2. The van der Waals surface area contributed by atoms with Crippen molar-refractivity contribution in [3.05, 3.63) is 123 Å². The van der Waals surface area contributed by atoms with Crippen LogP contribution in [0.1, 0.15) is 23.1 Å². The molecule has 3 N–H and O–H groups in total. The Kier molecular flexibility index (Phi) is 8.91. The number of urea groups is 1. The fraction of sp³-hybridized carbons (Fsp3) is 0.194. The van der Waals surface area contributed by atoms with Crippen molar-refractivity contribution in [3.63, 3.8) is 0 Å². The summed E-state index contributed by atoms with van der Waals surface area (Å²) in [6.07, 6.45) is 5.50. The lowest BCUT2D eigenvalue weighted by atomic mass is 9.98. The standard InChI is InChI=1S/C31H29BrClN5O/c32-27-20-34-19-23-16-25(17-29(38-30(23)27)26-8-4-5-9-28(26)33)36-18-22-10-12-24(13-11-22)37-31(39)35-15-14-21-6-2-1-3-7-21/h1-13,17,20,23,36H,14-16,18-19H2,(H2,35,37,39)/t23-/m0/s1. The van der Waals surface area contributed by atoms with Crippen molar-refractivity contribution in [1.29, 1.82) is 0 Å². The smallest absolute Gasteiger partial charge is 0.319 e. The van der Waals surface area contributed by atoms with Crippen molar-refractivity contribution in [2.45, 2.75) is 19.4 Å². The Hall–Kier alpha value is -3.68. The lowest BCUT2D eigenvalue weighted by Gasteiger charge is -2.20. The molecular formula is C31H29BrClN5O. The Morgan fingerprint density at radius 1 is 0.974 bits per heavy atom. The fourth-order valence-corrected chi connectivity index (χ4v) is 5.35. The van der Waals surface area contributed by atoms with Gasteiger partial charge in [-0.15, -0.1) is 0 Å². The lowest BCUT2D eigenvalue weighted by molar-refractivity contribution is 0.252. The molecule has 2 heterocycles. The number of rotatable bonds is 8. The number of anilines is 1. The molecule has 0 aromatic heterocycles. The van der Waals surface area contributed by atoms with E-state index in [0.29, 0.717) is 24.7 Å². The van der Waals surface area contributed by atoms with E-state index in [4.69, 9.17) is 16.6 Å². The largest absolute Gasteiger partial charge is 0.384 e. The number of amides is 2. The zero-order chi connectivity index (χ0) is 27.0. The van der Waals surface area contributed by atoms with E-state index in [1.807, 2.05) is 72.9 Å². The van der Waals surface area contributed by atoms with Crippen molar-refractivity contribution in [3.8, 4) is 0 Å². The third-order valence-corrected chi connectivity index (χ3v) is 7.54. The number of fused-ring (bicyclic) bond motifs is 1. The molecule has 0 aliphatic carbocycles. The van der Waals surface area contributed by atoms with Crippen molar-refractivity contribution in [2.24, 2.45) is 15.9 Å². The van der Waals surface area contributed by atoms with Crippen LogP contribution in [0.4, 0.5) is 10.5 Å². The summed E-state index contributed by atoms with van der Waals surface area (Å²) in [5.74, 6) is 0.176. The van der Waals surface area contributed by atoms with Crippen molar-refractivity contribution >= 4 is 51.2 Å². The summed E-state index contributed by atoms with van der Waals surface area (Å²) in [5, 5.41) is 10.1. The van der Waals surface area contributed by atoms with Gasteiger partial charge in [0.2, 0.25) is 0 Å². The Morgan fingerprint density at radius 3 is 2.54 bits per heavy atom. The molecule has 6 nitrogen and oxygen atoms in total. The second-order valence-electron chi connectivity index (χ2n) is 9.44. The summed E-state index contributed by atoms with van der Waals surface area (Å²) in [4.78, 5) is 21.8. The highest BCUT2D eigenvalue weighted by Gasteiger charge is 2.25. The summed E-state index contributed by atoms with van der Waals surface area (Å²) in [7, 11) is 0. The van der Waals surface area contributed by atoms with E-state index in [1.54, 1.807) is 0 Å². The van der Waals surface area contributed by atoms with Gasteiger partial charge >= 0.3 is 6.03 Å². The van der Waals surface area contributed by atoms with E-state index in [9.17, 15) is 4.79 Å². The molecule has 3 aromatic rings. The van der Waals surface area contributed by atoms with Gasteiger partial charge in [0.15, 0.2) is 0 Å². The molecule has 0 fully saturated rings. The van der Waals surface area contributed by atoms with Crippen LogP contribution in [-0.2, 0) is 13.0 Å². The van der Waals surface area contributed by atoms with Gasteiger partial charge in [0.25, 0.3) is 0 Å². The summed E-state index contributed by atoms with van der Waals surface area (Å²) in [6.45, 7) is 1.91. The summed E-state index contributed by atoms with van der Waals surface area (Å²) in [5.41, 5.74) is 6.83. The molecule has 0 unspecified atom stereocenters. The zero-order valence-electron chi connectivity index (χ0n) is 21.3. The highest BCUT2D eigenvalue weighted by molar-refractivity contribution is 9.12. The molecule has 0 radical (unpaired) electrons. The van der Waals surface area contributed by atoms with Crippen LogP contribution in [0.5, 0.6) is 0 Å². The molecule has 8 heteroatoms. The summed E-state index contributed by atoms with van der Waals surface area (Å²) < 4.78 is 0.908. The molecule has 0 saturated carbocycles. The number of aliphatic imine (C=N–C) groups is 2. The van der Waals surface area contributed by atoms with Gasteiger partial charge in [0.05, 0.1) is 15.9 Å². The predicted octanol–water partition coefficient (Wildman–Crippen LogP) is 6.88. The van der Waals surface area contributed by atoms with E-state index in [2.05, 4.69) is 55.1 Å². The van der Waals surface area contributed by atoms with Crippen molar-refractivity contribution in [2.75, 3.05) is 18.4 Å². The Morgan fingerprint density at radius 2 is 1.74 bits per heavy atom. The quantitative estimate of drug-likeness (QED) is 0.263. The normalized spacial score (nSPS) is 16.5. The molecule has 39 heavy (non-hydrogen) atoms. The van der Waals surface area contributed by atoms with Gasteiger partial charge in [-0.25, -0.2) is 4.79 Å². The maximum absolute atomic E-state index is 12.3.